The monoisotopic (exact) mass is 185 g/mol. The van der Waals surface area contributed by atoms with E-state index in [9.17, 15) is 4.79 Å². The molecule has 2 nitrogen and oxygen atoms in total. The largest absolute Gasteiger partial charge is 0.321 e. The van der Waals surface area contributed by atoms with Crippen LogP contribution in [0.2, 0.25) is 0 Å². The Kier molecular flexibility index (Phi) is 5.97. The Morgan fingerprint density at radius 1 is 1.31 bits per heavy atom. The fourth-order valence-electron chi connectivity index (χ4n) is 1.17. The second-order valence-corrected chi connectivity index (χ2v) is 4.31. The van der Waals surface area contributed by atoms with Crippen LogP contribution >= 0.6 is 0 Å². The summed E-state index contributed by atoms with van der Waals surface area (Å²) >= 11 is 0. The minimum atomic E-state index is -0.247. The molecule has 0 aromatic heterocycles. The Balaban J connectivity index is 3.82. The van der Waals surface area contributed by atoms with Gasteiger partial charge in [-0.25, -0.2) is 0 Å². The molecule has 2 heteroatoms. The van der Waals surface area contributed by atoms with Gasteiger partial charge in [-0.05, 0) is 18.3 Å². The molecule has 0 fully saturated rings. The normalized spacial score (nSPS) is 15.8. The van der Waals surface area contributed by atoms with Crippen molar-refractivity contribution in [2.45, 2.75) is 53.0 Å². The van der Waals surface area contributed by atoms with Crippen molar-refractivity contribution in [2.75, 3.05) is 0 Å². The van der Waals surface area contributed by atoms with Gasteiger partial charge in [-0.1, -0.05) is 34.1 Å². The molecule has 13 heavy (non-hydrogen) atoms. The summed E-state index contributed by atoms with van der Waals surface area (Å²) in [5.74, 6) is 1.13. The summed E-state index contributed by atoms with van der Waals surface area (Å²) in [6.45, 7) is 8.36. The Labute approximate surface area is 81.9 Å². The Morgan fingerprint density at radius 3 is 2.23 bits per heavy atom. The van der Waals surface area contributed by atoms with E-state index in [1.165, 1.54) is 0 Å². The smallest absolute Gasteiger partial charge is 0.149 e. The Hall–Kier alpha value is -0.370. The molecule has 0 spiro atoms. The highest BCUT2D eigenvalue weighted by atomic mass is 16.1. The van der Waals surface area contributed by atoms with Crippen molar-refractivity contribution in [3.63, 3.8) is 0 Å². The van der Waals surface area contributed by atoms with Gasteiger partial charge in [-0.3, -0.25) is 4.79 Å². The molecule has 0 heterocycles. The molecule has 78 valence electrons. The summed E-state index contributed by atoms with van der Waals surface area (Å²) in [5, 5.41) is 0. The molecule has 0 saturated carbocycles. The maximum Gasteiger partial charge on any atom is 0.149 e. The molecule has 0 aliphatic rings. The minimum absolute atomic E-state index is 0.225. The maximum atomic E-state index is 11.5. The minimum Gasteiger partial charge on any atom is -0.321 e. The fraction of sp³-hybridized carbons (Fsp3) is 0.909. The topological polar surface area (TPSA) is 43.1 Å². The Bertz CT molecular complexity index is 154. The number of nitrogens with two attached hydrogens (primary N) is 1. The van der Waals surface area contributed by atoms with Crippen LogP contribution in [0.4, 0.5) is 0 Å². The first-order valence-corrected chi connectivity index (χ1v) is 5.27. The maximum absolute atomic E-state index is 11.5. The predicted molar refractivity (Wildman–Crippen MR) is 56.5 cm³/mol. The molecule has 0 aliphatic carbocycles. The van der Waals surface area contributed by atoms with Crippen LogP contribution in [0.25, 0.3) is 0 Å². The van der Waals surface area contributed by atoms with E-state index in [0.29, 0.717) is 18.3 Å². The van der Waals surface area contributed by atoms with Crippen LogP contribution in [0.1, 0.15) is 47.0 Å². The first-order chi connectivity index (χ1) is 5.99. The lowest BCUT2D eigenvalue weighted by Gasteiger charge is -2.17. The zero-order valence-corrected chi connectivity index (χ0v) is 9.34. The SMILES string of the molecule is CCC(C)C(N)C(=O)CCC(C)C. The Morgan fingerprint density at radius 2 is 1.85 bits per heavy atom. The fourth-order valence-corrected chi connectivity index (χ4v) is 1.17. The molecule has 0 saturated heterocycles. The number of carbonyl (C=O) groups excluding carboxylic acids is 1. The van der Waals surface area contributed by atoms with Crippen molar-refractivity contribution in [2.24, 2.45) is 17.6 Å². The van der Waals surface area contributed by atoms with Gasteiger partial charge in [0.1, 0.15) is 5.78 Å². The number of hydrogen-bond acceptors (Lipinski definition) is 2. The number of carbonyl (C=O) groups is 1. The van der Waals surface area contributed by atoms with Gasteiger partial charge in [0.05, 0.1) is 6.04 Å². The van der Waals surface area contributed by atoms with Gasteiger partial charge in [-0.2, -0.15) is 0 Å². The summed E-state index contributed by atoms with van der Waals surface area (Å²) in [6.07, 6.45) is 2.58. The first-order valence-electron chi connectivity index (χ1n) is 5.27. The average molecular weight is 185 g/mol. The van der Waals surface area contributed by atoms with Crippen LogP contribution < -0.4 is 5.73 Å². The van der Waals surface area contributed by atoms with Crippen molar-refractivity contribution < 1.29 is 4.79 Å². The summed E-state index contributed by atoms with van der Waals surface area (Å²) in [6, 6.07) is -0.247. The van der Waals surface area contributed by atoms with Gasteiger partial charge in [0.2, 0.25) is 0 Å². The molecule has 0 aliphatic heterocycles. The van der Waals surface area contributed by atoms with E-state index >= 15 is 0 Å². The average Bonchev–Trinajstić information content (AvgIpc) is 2.11. The van der Waals surface area contributed by atoms with E-state index in [2.05, 4.69) is 20.8 Å². The van der Waals surface area contributed by atoms with E-state index in [-0.39, 0.29) is 11.8 Å². The van der Waals surface area contributed by atoms with E-state index in [1.807, 2.05) is 6.92 Å². The van der Waals surface area contributed by atoms with Crippen molar-refractivity contribution in [1.29, 1.82) is 0 Å². The van der Waals surface area contributed by atoms with Crippen molar-refractivity contribution >= 4 is 5.78 Å². The van der Waals surface area contributed by atoms with Crippen LogP contribution in [0.5, 0.6) is 0 Å². The van der Waals surface area contributed by atoms with Crippen LogP contribution in [-0.4, -0.2) is 11.8 Å². The molecular formula is C11H23NO. The van der Waals surface area contributed by atoms with E-state index in [1.54, 1.807) is 0 Å². The van der Waals surface area contributed by atoms with Gasteiger partial charge in [0.15, 0.2) is 0 Å². The second kappa shape index (κ2) is 6.14. The summed E-state index contributed by atoms with van der Waals surface area (Å²) in [5.41, 5.74) is 5.81. The molecule has 2 atom stereocenters. The molecule has 0 radical (unpaired) electrons. The molecule has 0 bridgehead atoms. The van der Waals surface area contributed by atoms with Crippen LogP contribution in [0.3, 0.4) is 0 Å². The molecular weight excluding hydrogens is 162 g/mol. The molecule has 0 rings (SSSR count). The van der Waals surface area contributed by atoms with E-state index in [4.69, 9.17) is 5.73 Å². The third kappa shape index (κ3) is 5.04. The molecule has 0 aromatic carbocycles. The summed E-state index contributed by atoms with van der Waals surface area (Å²) < 4.78 is 0. The highest BCUT2D eigenvalue weighted by Crippen LogP contribution is 2.11. The van der Waals surface area contributed by atoms with Crippen LogP contribution in [-0.2, 0) is 4.79 Å². The number of hydrogen-bond donors (Lipinski definition) is 1. The molecule has 0 aromatic rings. The lowest BCUT2D eigenvalue weighted by atomic mass is 9.93. The number of Topliss-reactive ketones (excluding diaryl/α,β-unsaturated/α-hetero) is 1. The van der Waals surface area contributed by atoms with Gasteiger partial charge >= 0.3 is 0 Å². The molecule has 2 N–H and O–H groups in total. The quantitative estimate of drug-likeness (QED) is 0.690. The highest BCUT2D eigenvalue weighted by molar-refractivity contribution is 5.83. The third-order valence-electron chi connectivity index (χ3n) is 2.60. The van der Waals surface area contributed by atoms with Crippen molar-refractivity contribution in [3.8, 4) is 0 Å². The lowest BCUT2D eigenvalue weighted by Crippen LogP contribution is -2.36. The van der Waals surface area contributed by atoms with E-state index in [0.717, 1.165) is 12.8 Å². The van der Waals surface area contributed by atoms with Crippen LogP contribution in [0, 0.1) is 11.8 Å². The zero-order valence-electron chi connectivity index (χ0n) is 9.34. The van der Waals surface area contributed by atoms with E-state index < -0.39 is 0 Å². The predicted octanol–water partition coefficient (Wildman–Crippen LogP) is 2.37. The molecule has 0 amide bonds. The van der Waals surface area contributed by atoms with Gasteiger partial charge in [-0.15, -0.1) is 0 Å². The summed E-state index contributed by atoms with van der Waals surface area (Å²) in [7, 11) is 0. The van der Waals surface area contributed by atoms with Gasteiger partial charge < -0.3 is 5.73 Å². The van der Waals surface area contributed by atoms with Gasteiger partial charge in [0, 0.05) is 6.42 Å². The molecule has 2 unspecified atom stereocenters. The van der Waals surface area contributed by atoms with Crippen molar-refractivity contribution in [1.82, 2.24) is 0 Å². The van der Waals surface area contributed by atoms with Crippen molar-refractivity contribution in [3.05, 3.63) is 0 Å². The number of ketones is 1. The number of rotatable bonds is 6. The first kappa shape index (κ1) is 12.6. The standard InChI is InChI=1S/C11H23NO/c1-5-9(4)11(12)10(13)7-6-8(2)3/h8-9,11H,5-7,12H2,1-4H3. The van der Waals surface area contributed by atoms with Gasteiger partial charge in [0.25, 0.3) is 0 Å². The lowest BCUT2D eigenvalue weighted by molar-refractivity contribution is -0.121. The second-order valence-electron chi connectivity index (χ2n) is 4.31. The van der Waals surface area contributed by atoms with Crippen LogP contribution in [0.15, 0.2) is 0 Å². The zero-order chi connectivity index (χ0) is 10.4. The highest BCUT2D eigenvalue weighted by Gasteiger charge is 2.18. The summed E-state index contributed by atoms with van der Waals surface area (Å²) in [4.78, 5) is 11.5. The third-order valence-corrected chi connectivity index (χ3v) is 2.60.